The van der Waals surface area contributed by atoms with Crippen LogP contribution in [0.1, 0.15) is 11.1 Å². The molecule has 0 bridgehead atoms. The van der Waals surface area contributed by atoms with E-state index >= 15 is 0 Å². The molecular weight excluding hydrogens is 294 g/mol. The van der Waals surface area contributed by atoms with Crippen molar-refractivity contribution in [3.8, 4) is 17.7 Å². The van der Waals surface area contributed by atoms with E-state index in [-0.39, 0.29) is 0 Å². The molecule has 0 fully saturated rings. The lowest BCUT2D eigenvalue weighted by molar-refractivity contribution is 0.465. The van der Waals surface area contributed by atoms with Crippen LogP contribution in [0.15, 0.2) is 34.9 Å². The first-order chi connectivity index (χ1) is 8.60. The molecule has 4 nitrogen and oxygen atoms in total. The molecule has 90 valence electrons. The average Bonchev–Trinajstić information content (AvgIpc) is 2.36. The van der Waals surface area contributed by atoms with Crippen molar-refractivity contribution in [1.29, 1.82) is 5.26 Å². The van der Waals surface area contributed by atoms with Crippen molar-refractivity contribution in [2.24, 2.45) is 0 Å². The zero-order valence-electron chi connectivity index (χ0n) is 9.64. The molecule has 2 rings (SSSR count). The largest absolute Gasteiger partial charge is 0.437 e. The van der Waals surface area contributed by atoms with Gasteiger partial charge >= 0.3 is 0 Å². The Kier molecular flexibility index (Phi) is 3.49. The topological polar surface area (TPSA) is 71.9 Å². The van der Waals surface area contributed by atoms with Gasteiger partial charge in [-0.05, 0) is 36.8 Å². The van der Waals surface area contributed by atoms with Crippen LogP contribution in [0.4, 0.5) is 5.69 Å². The summed E-state index contributed by atoms with van der Waals surface area (Å²) in [5.74, 6) is 0.954. The van der Waals surface area contributed by atoms with Gasteiger partial charge in [0.2, 0.25) is 5.88 Å². The lowest BCUT2D eigenvalue weighted by Crippen LogP contribution is -1.96. The van der Waals surface area contributed by atoms with E-state index < -0.39 is 0 Å². The molecule has 0 aliphatic heterocycles. The molecule has 0 saturated carbocycles. The number of nitrogens with zero attached hydrogens (tertiary/aromatic N) is 2. The summed E-state index contributed by atoms with van der Waals surface area (Å²) in [5, 5.41) is 8.72. The summed E-state index contributed by atoms with van der Waals surface area (Å²) in [7, 11) is 0. The molecule has 1 heterocycles. The van der Waals surface area contributed by atoms with Crippen molar-refractivity contribution in [1.82, 2.24) is 4.98 Å². The van der Waals surface area contributed by atoms with Crippen molar-refractivity contribution >= 4 is 21.6 Å². The molecule has 2 aromatic rings. The van der Waals surface area contributed by atoms with E-state index in [1.54, 1.807) is 0 Å². The van der Waals surface area contributed by atoms with Gasteiger partial charge in [0.15, 0.2) is 0 Å². The van der Waals surface area contributed by atoms with Crippen LogP contribution >= 0.6 is 15.9 Å². The number of nitrogens with two attached hydrogens (primary N) is 1. The summed E-state index contributed by atoms with van der Waals surface area (Å²) >= 11 is 3.42. The van der Waals surface area contributed by atoms with Crippen LogP contribution < -0.4 is 10.5 Å². The zero-order chi connectivity index (χ0) is 13.1. The number of nitrogen functional groups attached to an aromatic ring is 1. The maximum atomic E-state index is 8.72. The third kappa shape index (κ3) is 2.60. The predicted molar refractivity (Wildman–Crippen MR) is 72.3 cm³/mol. The van der Waals surface area contributed by atoms with E-state index in [1.165, 1.54) is 12.3 Å². The molecule has 0 amide bonds. The molecule has 0 spiro atoms. The highest BCUT2D eigenvalue weighted by Gasteiger charge is 2.06. The second kappa shape index (κ2) is 5.07. The number of ether oxygens (including phenoxy) is 1. The van der Waals surface area contributed by atoms with Crippen LogP contribution in [-0.4, -0.2) is 4.98 Å². The fraction of sp³-hybridized carbons (Fsp3) is 0.0769. The first-order valence-electron chi connectivity index (χ1n) is 5.20. The highest BCUT2D eigenvalue weighted by molar-refractivity contribution is 9.10. The van der Waals surface area contributed by atoms with Crippen LogP contribution in [0.2, 0.25) is 0 Å². The normalized spacial score (nSPS) is 9.83. The van der Waals surface area contributed by atoms with Crippen molar-refractivity contribution in [2.45, 2.75) is 6.92 Å². The number of halogens is 1. The number of rotatable bonds is 2. The number of benzene rings is 1. The number of aromatic nitrogens is 1. The summed E-state index contributed by atoms with van der Waals surface area (Å²) in [6, 6.07) is 9.09. The van der Waals surface area contributed by atoms with Crippen LogP contribution in [0.5, 0.6) is 11.6 Å². The maximum absolute atomic E-state index is 8.72. The van der Waals surface area contributed by atoms with E-state index in [9.17, 15) is 0 Å². The van der Waals surface area contributed by atoms with Gasteiger partial charge in [0, 0.05) is 10.7 Å². The van der Waals surface area contributed by atoms with E-state index in [1.807, 2.05) is 31.2 Å². The summed E-state index contributed by atoms with van der Waals surface area (Å²) in [5.41, 5.74) is 7.57. The Labute approximate surface area is 113 Å². The van der Waals surface area contributed by atoms with Gasteiger partial charge < -0.3 is 10.5 Å². The standard InChI is InChI=1S/C13H10BrN3O/c1-8-4-10(2-3-11(8)14)18-13-12(16)5-9(6-15)7-17-13/h2-5,7H,16H2,1H3. The molecule has 0 radical (unpaired) electrons. The Balaban J connectivity index is 2.29. The average molecular weight is 304 g/mol. The van der Waals surface area contributed by atoms with Crippen LogP contribution in [0.3, 0.4) is 0 Å². The number of pyridine rings is 1. The summed E-state index contributed by atoms with van der Waals surface area (Å²) in [4.78, 5) is 4.01. The van der Waals surface area contributed by atoms with E-state index in [0.717, 1.165) is 10.0 Å². The molecule has 5 heteroatoms. The third-order valence-corrected chi connectivity index (χ3v) is 3.24. The second-order valence-corrected chi connectivity index (χ2v) is 4.60. The Bertz CT molecular complexity index is 635. The van der Waals surface area contributed by atoms with Crippen molar-refractivity contribution < 1.29 is 4.74 Å². The molecule has 0 atom stereocenters. The van der Waals surface area contributed by atoms with E-state index in [4.69, 9.17) is 15.7 Å². The SMILES string of the molecule is Cc1cc(Oc2ncc(C#N)cc2N)ccc1Br. The summed E-state index contributed by atoms with van der Waals surface area (Å²) in [6.07, 6.45) is 1.43. The number of nitriles is 1. The van der Waals surface area contributed by atoms with Gasteiger partial charge in [-0.15, -0.1) is 0 Å². The van der Waals surface area contributed by atoms with Gasteiger partial charge in [-0.25, -0.2) is 4.98 Å². The molecule has 0 saturated heterocycles. The first kappa shape index (κ1) is 12.4. The molecule has 1 aromatic heterocycles. The smallest absolute Gasteiger partial charge is 0.242 e. The molecule has 0 unspecified atom stereocenters. The van der Waals surface area contributed by atoms with Gasteiger partial charge in [-0.1, -0.05) is 15.9 Å². The van der Waals surface area contributed by atoms with Crippen molar-refractivity contribution in [3.63, 3.8) is 0 Å². The lowest BCUT2D eigenvalue weighted by atomic mass is 10.2. The monoisotopic (exact) mass is 303 g/mol. The number of aryl methyl sites for hydroxylation is 1. The molecule has 18 heavy (non-hydrogen) atoms. The minimum absolute atomic E-state index is 0.302. The number of hydrogen-bond acceptors (Lipinski definition) is 4. The van der Waals surface area contributed by atoms with E-state index in [2.05, 4.69) is 20.9 Å². The van der Waals surface area contributed by atoms with Crippen molar-refractivity contribution in [2.75, 3.05) is 5.73 Å². The lowest BCUT2D eigenvalue weighted by Gasteiger charge is -2.08. The molecular formula is C13H10BrN3O. The van der Waals surface area contributed by atoms with Crippen LogP contribution in [-0.2, 0) is 0 Å². The van der Waals surface area contributed by atoms with Gasteiger partial charge in [0.1, 0.15) is 11.8 Å². The fourth-order valence-corrected chi connectivity index (χ4v) is 1.65. The van der Waals surface area contributed by atoms with E-state index in [0.29, 0.717) is 22.9 Å². The van der Waals surface area contributed by atoms with Gasteiger partial charge in [-0.2, -0.15) is 5.26 Å². The number of hydrogen-bond donors (Lipinski definition) is 1. The van der Waals surface area contributed by atoms with Crippen molar-refractivity contribution in [3.05, 3.63) is 46.1 Å². The maximum Gasteiger partial charge on any atom is 0.242 e. The molecule has 0 aliphatic rings. The Morgan fingerprint density at radius 2 is 2.17 bits per heavy atom. The van der Waals surface area contributed by atoms with Gasteiger partial charge in [-0.3, -0.25) is 0 Å². The molecule has 1 aromatic carbocycles. The highest BCUT2D eigenvalue weighted by Crippen LogP contribution is 2.28. The third-order valence-electron chi connectivity index (χ3n) is 2.35. The summed E-state index contributed by atoms with van der Waals surface area (Å²) in [6.45, 7) is 1.96. The highest BCUT2D eigenvalue weighted by atomic mass is 79.9. The van der Waals surface area contributed by atoms with Crippen LogP contribution in [0.25, 0.3) is 0 Å². The van der Waals surface area contributed by atoms with Gasteiger partial charge in [0.05, 0.1) is 11.3 Å². The molecule has 0 aliphatic carbocycles. The minimum atomic E-state index is 0.302. The van der Waals surface area contributed by atoms with Gasteiger partial charge in [0.25, 0.3) is 0 Å². The molecule has 2 N–H and O–H groups in total. The number of anilines is 1. The Morgan fingerprint density at radius 3 is 2.78 bits per heavy atom. The summed E-state index contributed by atoms with van der Waals surface area (Å²) < 4.78 is 6.59. The first-order valence-corrected chi connectivity index (χ1v) is 5.99. The zero-order valence-corrected chi connectivity index (χ0v) is 11.2. The predicted octanol–water partition coefficient (Wildman–Crippen LogP) is 3.40. The van der Waals surface area contributed by atoms with Crippen LogP contribution in [0, 0.1) is 18.3 Å². The Morgan fingerprint density at radius 1 is 1.39 bits per heavy atom. The fourth-order valence-electron chi connectivity index (χ4n) is 1.41. The quantitative estimate of drug-likeness (QED) is 0.923. The minimum Gasteiger partial charge on any atom is -0.437 e. The second-order valence-electron chi connectivity index (χ2n) is 3.74. The Hall–Kier alpha value is -2.06.